The summed E-state index contributed by atoms with van der Waals surface area (Å²) < 4.78 is 41.9. The van der Waals surface area contributed by atoms with Crippen LogP contribution < -0.4 is 11.1 Å². The number of hydrogen-bond acceptors (Lipinski definition) is 4. The SMILES string of the molecule is NC(=O)CNC(=O)COC(=O)c1cccc(C(F)(F)F)c1. The van der Waals surface area contributed by atoms with Gasteiger partial charge in [-0.3, -0.25) is 9.59 Å². The van der Waals surface area contributed by atoms with E-state index in [1.165, 1.54) is 0 Å². The fourth-order valence-electron chi connectivity index (χ4n) is 1.27. The van der Waals surface area contributed by atoms with E-state index in [2.05, 4.69) is 10.1 Å². The molecule has 0 spiro atoms. The number of halogens is 3. The molecule has 2 amide bonds. The summed E-state index contributed by atoms with van der Waals surface area (Å²) in [4.78, 5) is 33.0. The van der Waals surface area contributed by atoms with Crippen LogP contribution in [0.2, 0.25) is 0 Å². The van der Waals surface area contributed by atoms with E-state index >= 15 is 0 Å². The summed E-state index contributed by atoms with van der Waals surface area (Å²) in [6.07, 6.45) is -4.59. The highest BCUT2D eigenvalue weighted by atomic mass is 19.4. The van der Waals surface area contributed by atoms with Crippen LogP contribution in [0.25, 0.3) is 0 Å². The molecule has 114 valence electrons. The molecule has 9 heteroatoms. The van der Waals surface area contributed by atoms with E-state index in [0.29, 0.717) is 6.07 Å². The van der Waals surface area contributed by atoms with E-state index in [-0.39, 0.29) is 5.56 Å². The van der Waals surface area contributed by atoms with Gasteiger partial charge in [-0.1, -0.05) is 6.07 Å². The first-order valence-corrected chi connectivity index (χ1v) is 5.59. The molecule has 0 unspecified atom stereocenters. The maximum Gasteiger partial charge on any atom is 0.416 e. The monoisotopic (exact) mass is 304 g/mol. The lowest BCUT2D eigenvalue weighted by Crippen LogP contribution is -2.36. The Bertz CT molecular complexity index is 558. The largest absolute Gasteiger partial charge is 0.452 e. The van der Waals surface area contributed by atoms with E-state index in [4.69, 9.17) is 5.73 Å². The minimum absolute atomic E-state index is 0.340. The van der Waals surface area contributed by atoms with Crippen LogP contribution in [0.15, 0.2) is 24.3 Å². The second-order valence-electron chi connectivity index (χ2n) is 3.90. The minimum Gasteiger partial charge on any atom is -0.452 e. The Morgan fingerprint density at radius 1 is 1.24 bits per heavy atom. The van der Waals surface area contributed by atoms with Crippen LogP contribution in [-0.2, 0) is 20.5 Å². The molecule has 0 saturated heterocycles. The molecular weight excluding hydrogens is 293 g/mol. The average Bonchev–Trinajstić information content (AvgIpc) is 2.41. The number of carbonyl (C=O) groups is 3. The third-order valence-electron chi connectivity index (χ3n) is 2.22. The molecule has 1 aromatic rings. The predicted octanol–water partition coefficient (Wildman–Crippen LogP) is 0.464. The quantitative estimate of drug-likeness (QED) is 0.772. The molecule has 0 atom stereocenters. The number of carbonyl (C=O) groups excluding carboxylic acids is 3. The first kappa shape index (κ1) is 16.5. The molecule has 3 N–H and O–H groups in total. The first-order valence-electron chi connectivity index (χ1n) is 5.59. The lowest BCUT2D eigenvalue weighted by Gasteiger charge is -2.08. The van der Waals surface area contributed by atoms with E-state index in [0.717, 1.165) is 18.2 Å². The Morgan fingerprint density at radius 2 is 1.90 bits per heavy atom. The van der Waals surface area contributed by atoms with Crippen molar-refractivity contribution in [2.75, 3.05) is 13.2 Å². The van der Waals surface area contributed by atoms with Crippen molar-refractivity contribution in [3.8, 4) is 0 Å². The Morgan fingerprint density at radius 3 is 2.48 bits per heavy atom. The van der Waals surface area contributed by atoms with Gasteiger partial charge < -0.3 is 15.8 Å². The number of amides is 2. The number of nitrogens with two attached hydrogens (primary N) is 1. The van der Waals surface area contributed by atoms with Crippen molar-refractivity contribution >= 4 is 17.8 Å². The highest BCUT2D eigenvalue weighted by molar-refractivity contribution is 5.92. The normalized spacial score (nSPS) is 10.8. The van der Waals surface area contributed by atoms with Crippen molar-refractivity contribution in [3.05, 3.63) is 35.4 Å². The Hall–Kier alpha value is -2.58. The highest BCUT2D eigenvalue weighted by Gasteiger charge is 2.31. The number of ether oxygens (including phenoxy) is 1. The van der Waals surface area contributed by atoms with Gasteiger partial charge in [0.2, 0.25) is 5.91 Å². The number of esters is 1. The minimum atomic E-state index is -4.59. The number of benzene rings is 1. The third-order valence-corrected chi connectivity index (χ3v) is 2.22. The summed E-state index contributed by atoms with van der Waals surface area (Å²) in [5.74, 6) is -2.67. The summed E-state index contributed by atoms with van der Waals surface area (Å²) in [6, 6.07) is 3.59. The van der Waals surface area contributed by atoms with Gasteiger partial charge in [-0.2, -0.15) is 13.2 Å². The topological polar surface area (TPSA) is 98.5 Å². The van der Waals surface area contributed by atoms with E-state index < -0.39 is 42.7 Å². The molecular formula is C12H11F3N2O4. The zero-order chi connectivity index (χ0) is 16.0. The van der Waals surface area contributed by atoms with Crippen LogP contribution >= 0.6 is 0 Å². The summed E-state index contributed by atoms with van der Waals surface area (Å²) >= 11 is 0. The number of alkyl halides is 3. The molecule has 1 aromatic carbocycles. The predicted molar refractivity (Wildman–Crippen MR) is 63.9 cm³/mol. The number of nitrogens with one attached hydrogen (secondary N) is 1. The molecule has 6 nitrogen and oxygen atoms in total. The number of hydrogen-bond donors (Lipinski definition) is 2. The standard InChI is InChI=1S/C12H11F3N2O4/c13-12(14,15)8-3-1-2-7(4-8)11(20)21-6-10(19)17-5-9(16)18/h1-4H,5-6H2,(H2,16,18)(H,17,19). The highest BCUT2D eigenvalue weighted by Crippen LogP contribution is 2.29. The van der Waals surface area contributed by atoms with Crippen LogP contribution in [0.1, 0.15) is 15.9 Å². The zero-order valence-corrected chi connectivity index (χ0v) is 10.6. The fraction of sp³-hybridized carbons (Fsp3) is 0.250. The molecule has 0 bridgehead atoms. The first-order chi connectivity index (χ1) is 9.70. The molecule has 0 heterocycles. The third kappa shape index (κ3) is 5.51. The van der Waals surface area contributed by atoms with E-state index in [1.807, 2.05) is 0 Å². The summed E-state index contributed by atoms with van der Waals surface area (Å²) in [5, 5.41) is 2.05. The Balaban J connectivity index is 2.60. The number of rotatable bonds is 5. The Labute approximate surface area is 117 Å². The summed E-state index contributed by atoms with van der Waals surface area (Å²) in [5.41, 5.74) is 3.43. The maximum atomic E-state index is 12.5. The van der Waals surface area contributed by atoms with Crippen LogP contribution in [0.5, 0.6) is 0 Å². The number of primary amides is 1. The van der Waals surface area contributed by atoms with Crippen LogP contribution in [0, 0.1) is 0 Å². The van der Waals surface area contributed by atoms with Gasteiger partial charge in [-0.25, -0.2) is 4.79 Å². The van der Waals surface area contributed by atoms with Gasteiger partial charge in [0, 0.05) is 0 Å². The molecule has 21 heavy (non-hydrogen) atoms. The molecule has 0 aromatic heterocycles. The van der Waals surface area contributed by atoms with Crippen LogP contribution in [0.4, 0.5) is 13.2 Å². The molecule has 0 radical (unpaired) electrons. The van der Waals surface area contributed by atoms with E-state index in [1.54, 1.807) is 0 Å². The lowest BCUT2D eigenvalue weighted by atomic mass is 10.1. The van der Waals surface area contributed by atoms with Crippen LogP contribution in [0.3, 0.4) is 0 Å². The smallest absolute Gasteiger partial charge is 0.416 e. The average molecular weight is 304 g/mol. The van der Waals surface area contributed by atoms with Crippen molar-refractivity contribution in [2.45, 2.75) is 6.18 Å². The van der Waals surface area contributed by atoms with Gasteiger partial charge in [-0.15, -0.1) is 0 Å². The van der Waals surface area contributed by atoms with Gasteiger partial charge in [0.05, 0.1) is 17.7 Å². The van der Waals surface area contributed by atoms with Crippen LogP contribution in [-0.4, -0.2) is 30.9 Å². The van der Waals surface area contributed by atoms with Gasteiger partial charge in [0.25, 0.3) is 5.91 Å². The molecule has 0 saturated carbocycles. The molecule has 0 aliphatic heterocycles. The van der Waals surface area contributed by atoms with Gasteiger partial charge >= 0.3 is 12.1 Å². The molecule has 0 aliphatic rings. The van der Waals surface area contributed by atoms with Gasteiger partial charge in [-0.05, 0) is 18.2 Å². The summed E-state index contributed by atoms with van der Waals surface area (Å²) in [7, 11) is 0. The molecule has 0 fully saturated rings. The Kier molecular flexibility index (Phi) is 5.28. The van der Waals surface area contributed by atoms with Crippen molar-refractivity contribution < 1.29 is 32.3 Å². The van der Waals surface area contributed by atoms with Crippen molar-refractivity contribution in [2.24, 2.45) is 5.73 Å². The molecule has 1 rings (SSSR count). The van der Waals surface area contributed by atoms with E-state index in [9.17, 15) is 27.6 Å². The maximum absolute atomic E-state index is 12.5. The van der Waals surface area contributed by atoms with Gasteiger partial charge in [0.1, 0.15) is 0 Å². The lowest BCUT2D eigenvalue weighted by molar-refractivity contribution is -0.137. The fourth-order valence-corrected chi connectivity index (χ4v) is 1.27. The van der Waals surface area contributed by atoms with Crippen molar-refractivity contribution in [3.63, 3.8) is 0 Å². The summed E-state index contributed by atoms with van der Waals surface area (Å²) in [6.45, 7) is -1.16. The second kappa shape index (κ2) is 6.73. The zero-order valence-electron chi connectivity index (χ0n) is 10.6. The molecule has 0 aliphatic carbocycles. The van der Waals surface area contributed by atoms with Crippen molar-refractivity contribution in [1.29, 1.82) is 0 Å². The van der Waals surface area contributed by atoms with Gasteiger partial charge in [0.15, 0.2) is 6.61 Å². The van der Waals surface area contributed by atoms with Crippen molar-refractivity contribution in [1.82, 2.24) is 5.32 Å². The second-order valence-corrected chi connectivity index (χ2v) is 3.90.